The fraction of sp³-hybridized carbons (Fsp3) is 0.167. The molecule has 5 rings (SSSR count). The second-order valence-corrected chi connectivity index (χ2v) is 8.75. The minimum Gasteiger partial charge on any atom is -0.352 e. The Hall–Kier alpha value is -3.69. The van der Waals surface area contributed by atoms with E-state index in [1.54, 1.807) is 17.1 Å². The van der Waals surface area contributed by atoms with Crippen LogP contribution in [-0.4, -0.2) is 31.5 Å². The summed E-state index contributed by atoms with van der Waals surface area (Å²) >= 11 is 1.52. The topological polar surface area (TPSA) is 94.5 Å². The van der Waals surface area contributed by atoms with Crippen molar-refractivity contribution >= 4 is 27.4 Å². The number of benzene rings is 2. The first kappa shape index (κ1) is 21.2. The van der Waals surface area contributed by atoms with Crippen LogP contribution in [0.15, 0.2) is 67.1 Å². The number of halogens is 1. The molecule has 0 saturated heterocycles. The van der Waals surface area contributed by atoms with Gasteiger partial charge in [-0.2, -0.15) is 0 Å². The Labute approximate surface area is 194 Å². The van der Waals surface area contributed by atoms with E-state index in [-0.39, 0.29) is 11.7 Å². The molecule has 0 spiro atoms. The number of nitrogens with one attached hydrogen (secondary N) is 1. The molecule has 1 atom stereocenters. The summed E-state index contributed by atoms with van der Waals surface area (Å²) in [6.45, 7) is 3.12. The summed E-state index contributed by atoms with van der Waals surface area (Å²) in [5.41, 5.74) is 9.74. The maximum Gasteiger partial charge on any atom is 0.223 e. The summed E-state index contributed by atoms with van der Waals surface area (Å²) in [6.07, 6.45) is 4.60. The second kappa shape index (κ2) is 9.05. The first-order valence-corrected chi connectivity index (χ1v) is 11.4. The van der Waals surface area contributed by atoms with Gasteiger partial charge in [-0.05, 0) is 35.1 Å². The third kappa shape index (κ3) is 4.33. The molecular weight excluding hydrogens is 437 g/mol. The fourth-order valence-electron chi connectivity index (χ4n) is 3.79. The van der Waals surface area contributed by atoms with Crippen LogP contribution in [0.25, 0.3) is 31.8 Å². The van der Waals surface area contributed by atoms with Gasteiger partial charge in [0.15, 0.2) is 5.82 Å². The number of nitrogens with two attached hydrogens (primary N) is 1. The summed E-state index contributed by atoms with van der Waals surface area (Å²) in [5.74, 6) is -0.0904. The predicted octanol–water partition coefficient (Wildman–Crippen LogP) is 4.89. The lowest BCUT2D eigenvalue weighted by atomic mass is 9.95. The van der Waals surface area contributed by atoms with E-state index >= 15 is 0 Å². The van der Waals surface area contributed by atoms with E-state index < -0.39 is 5.82 Å². The lowest BCUT2D eigenvalue weighted by molar-refractivity contribution is 0.604. The van der Waals surface area contributed by atoms with Gasteiger partial charge in [-0.1, -0.05) is 47.7 Å². The zero-order chi connectivity index (χ0) is 22.8. The molecule has 7 nitrogen and oxygen atoms in total. The minimum atomic E-state index is -0.457. The maximum absolute atomic E-state index is 14.7. The first-order valence-electron chi connectivity index (χ1n) is 10.6. The van der Waals surface area contributed by atoms with Crippen LogP contribution >= 0.6 is 11.3 Å². The number of nitrogens with zero attached hydrogens (tertiary/aromatic N) is 5. The zero-order valence-electron chi connectivity index (χ0n) is 17.9. The van der Waals surface area contributed by atoms with E-state index in [1.807, 2.05) is 37.3 Å². The highest BCUT2D eigenvalue weighted by Gasteiger charge is 2.17. The molecule has 5 aromatic rings. The maximum atomic E-state index is 14.7. The smallest absolute Gasteiger partial charge is 0.223 e. The molecule has 0 aliphatic heterocycles. The van der Waals surface area contributed by atoms with E-state index in [9.17, 15) is 4.39 Å². The Morgan fingerprint density at radius 2 is 2.00 bits per heavy atom. The molecule has 0 saturated carbocycles. The van der Waals surface area contributed by atoms with E-state index in [0.717, 1.165) is 31.7 Å². The molecule has 0 radical (unpaired) electrons. The molecule has 0 unspecified atom stereocenters. The number of anilines is 1. The Bertz CT molecular complexity index is 1400. The molecule has 9 heteroatoms. The van der Waals surface area contributed by atoms with Gasteiger partial charge in [0.1, 0.15) is 5.69 Å². The van der Waals surface area contributed by atoms with Gasteiger partial charge in [-0.25, -0.2) is 14.4 Å². The molecular formula is C24H22FN7S. The third-order valence-electron chi connectivity index (χ3n) is 5.36. The van der Waals surface area contributed by atoms with Crippen LogP contribution in [0.1, 0.15) is 18.5 Å². The van der Waals surface area contributed by atoms with Gasteiger partial charge in [-0.3, -0.25) is 4.68 Å². The van der Waals surface area contributed by atoms with Gasteiger partial charge < -0.3 is 11.1 Å². The normalized spacial score (nSPS) is 12.2. The molecule has 0 aliphatic carbocycles. The lowest BCUT2D eigenvalue weighted by Crippen LogP contribution is -2.13. The first-order chi connectivity index (χ1) is 16.1. The molecule has 2 aromatic carbocycles. The minimum absolute atomic E-state index is 0.0960. The van der Waals surface area contributed by atoms with Gasteiger partial charge in [0.2, 0.25) is 5.95 Å². The summed E-state index contributed by atoms with van der Waals surface area (Å²) in [7, 11) is 0. The molecule has 0 amide bonds. The Morgan fingerprint density at radius 3 is 2.82 bits per heavy atom. The Kier molecular flexibility index (Phi) is 5.80. The van der Waals surface area contributed by atoms with E-state index in [2.05, 4.69) is 43.8 Å². The fourth-order valence-corrected chi connectivity index (χ4v) is 4.97. The summed E-state index contributed by atoms with van der Waals surface area (Å²) in [4.78, 5) is 9.28. The molecule has 3 aromatic heterocycles. The van der Waals surface area contributed by atoms with Crippen molar-refractivity contribution in [3.05, 3.63) is 78.5 Å². The molecule has 0 bridgehead atoms. The van der Waals surface area contributed by atoms with Crippen LogP contribution in [0.3, 0.4) is 0 Å². The van der Waals surface area contributed by atoms with Gasteiger partial charge in [0.25, 0.3) is 0 Å². The van der Waals surface area contributed by atoms with E-state index in [4.69, 9.17) is 5.73 Å². The Morgan fingerprint density at radius 1 is 1.15 bits per heavy atom. The lowest BCUT2D eigenvalue weighted by Gasteiger charge is -2.13. The predicted molar refractivity (Wildman–Crippen MR) is 129 cm³/mol. The largest absolute Gasteiger partial charge is 0.352 e. The molecule has 3 heterocycles. The van der Waals surface area contributed by atoms with E-state index in [0.29, 0.717) is 19.0 Å². The van der Waals surface area contributed by atoms with Crippen LogP contribution in [0.5, 0.6) is 0 Å². The number of aromatic nitrogens is 5. The number of hydrogen-bond donors (Lipinski definition) is 2. The van der Waals surface area contributed by atoms with Gasteiger partial charge in [0, 0.05) is 23.5 Å². The van der Waals surface area contributed by atoms with Crippen LogP contribution < -0.4 is 11.1 Å². The molecule has 3 N–H and O–H groups in total. The highest BCUT2D eigenvalue weighted by atomic mass is 32.1. The average molecular weight is 460 g/mol. The molecule has 166 valence electrons. The highest BCUT2D eigenvalue weighted by Crippen LogP contribution is 2.41. The van der Waals surface area contributed by atoms with Gasteiger partial charge in [-0.15, -0.1) is 16.4 Å². The third-order valence-corrected chi connectivity index (χ3v) is 6.55. The number of fused-ring (bicyclic) bond motifs is 1. The summed E-state index contributed by atoms with van der Waals surface area (Å²) in [5, 5.41) is 11.9. The van der Waals surface area contributed by atoms with Crippen molar-refractivity contribution in [2.45, 2.75) is 19.5 Å². The summed E-state index contributed by atoms with van der Waals surface area (Å²) < 4.78 is 17.5. The summed E-state index contributed by atoms with van der Waals surface area (Å²) in [6, 6.07) is 16.1. The number of rotatable bonds is 7. The Balaban J connectivity index is 1.49. The number of thiophene rings is 1. The molecule has 0 aliphatic rings. The zero-order valence-corrected chi connectivity index (χ0v) is 18.8. The van der Waals surface area contributed by atoms with Crippen LogP contribution in [0.2, 0.25) is 0 Å². The van der Waals surface area contributed by atoms with Crippen LogP contribution in [-0.2, 0) is 6.54 Å². The van der Waals surface area contributed by atoms with Crippen molar-refractivity contribution in [1.82, 2.24) is 25.0 Å². The van der Waals surface area contributed by atoms with E-state index in [1.165, 1.54) is 17.5 Å². The van der Waals surface area contributed by atoms with Crippen molar-refractivity contribution in [2.24, 2.45) is 5.73 Å². The van der Waals surface area contributed by atoms with Crippen molar-refractivity contribution in [3.63, 3.8) is 0 Å². The van der Waals surface area contributed by atoms with Crippen LogP contribution in [0.4, 0.5) is 10.3 Å². The monoisotopic (exact) mass is 459 g/mol. The standard InChI is InChI=1S/C24H22FN7S/c1-15(26)17-6-2-3-7-18(17)19-8-4-5-16-13-21(33-23(16)19)22-20(25)14-28-24(30-22)27-9-11-32-12-10-29-31-32/h2-8,10,12-15H,9,11,26H2,1H3,(H,27,28,30)/t15-/m0/s1. The molecule has 0 fully saturated rings. The number of hydrogen-bond acceptors (Lipinski definition) is 7. The van der Waals surface area contributed by atoms with Crippen molar-refractivity contribution in [2.75, 3.05) is 11.9 Å². The van der Waals surface area contributed by atoms with Crippen molar-refractivity contribution in [3.8, 4) is 21.7 Å². The average Bonchev–Trinajstić information content (AvgIpc) is 3.50. The van der Waals surface area contributed by atoms with Gasteiger partial charge >= 0.3 is 0 Å². The SMILES string of the molecule is C[C@H](N)c1ccccc1-c1cccc2cc(-c3nc(NCCn4ccnn4)ncc3F)sc12. The van der Waals surface area contributed by atoms with Crippen molar-refractivity contribution < 1.29 is 4.39 Å². The van der Waals surface area contributed by atoms with Crippen LogP contribution in [0, 0.1) is 5.82 Å². The van der Waals surface area contributed by atoms with Gasteiger partial charge in [0.05, 0.1) is 23.8 Å². The molecule has 33 heavy (non-hydrogen) atoms. The van der Waals surface area contributed by atoms with Crippen molar-refractivity contribution in [1.29, 1.82) is 0 Å². The second-order valence-electron chi connectivity index (χ2n) is 7.69. The highest BCUT2D eigenvalue weighted by molar-refractivity contribution is 7.22. The quantitative estimate of drug-likeness (QED) is 0.360.